The Labute approximate surface area is 144 Å². The Hall–Kier alpha value is -1.90. The monoisotopic (exact) mass is 326 g/mol. The van der Waals surface area contributed by atoms with Gasteiger partial charge in [0.1, 0.15) is 11.9 Å². The van der Waals surface area contributed by atoms with E-state index in [1.807, 2.05) is 13.0 Å². The van der Waals surface area contributed by atoms with Crippen molar-refractivity contribution in [3.05, 3.63) is 35.0 Å². The number of rotatable bonds is 3. The molecule has 0 spiro atoms. The maximum absolute atomic E-state index is 9.82. The number of hydrogen-bond donors (Lipinski definition) is 0. The lowest BCUT2D eigenvalue weighted by molar-refractivity contribution is -0.0405. The summed E-state index contributed by atoms with van der Waals surface area (Å²) in [5.41, 5.74) is 3.73. The van der Waals surface area contributed by atoms with Gasteiger partial charge in [-0.25, -0.2) is 4.98 Å². The fourth-order valence-electron chi connectivity index (χ4n) is 3.59. The van der Waals surface area contributed by atoms with E-state index < -0.39 is 0 Å². The van der Waals surface area contributed by atoms with Crippen LogP contribution in [0.3, 0.4) is 0 Å². The van der Waals surface area contributed by atoms with Gasteiger partial charge in [-0.3, -0.25) is 4.90 Å². The van der Waals surface area contributed by atoms with E-state index in [9.17, 15) is 5.26 Å². The third-order valence-electron chi connectivity index (χ3n) is 4.98. The molecule has 1 aromatic rings. The van der Waals surface area contributed by atoms with Crippen molar-refractivity contribution in [2.75, 3.05) is 37.6 Å². The van der Waals surface area contributed by atoms with E-state index in [1.54, 1.807) is 0 Å². The summed E-state index contributed by atoms with van der Waals surface area (Å²) >= 11 is 0. The van der Waals surface area contributed by atoms with E-state index in [0.717, 1.165) is 67.3 Å². The van der Waals surface area contributed by atoms with Crippen molar-refractivity contribution in [2.45, 2.75) is 39.4 Å². The molecule has 0 aromatic carbocycles. The van der Waals surface area contributed by atoms with Crippen LogP contribution >= 0.6 is 0 Å². The van der Waals surface area contributed by atoms with Gasteiger partial charge >= 0.3 is 0 Å². The van der Waals surface area contributed by atoms with E-state index in [0.29, 0.717) is 6.61 Å². The first-order valence-electron chi connectivity index (χ1n) is 8.60. The molecule has 5 heteroatoms. The Kier molecular flexibility index (Phi) is 4.62. The van der Waals surface area contributed by atoms with Gasteiger partial charge in [0.25, 0.3) is 0 Å². The number of pyridine rings is 1. The zero-order chi connectivity index (χ0) is 17.3. The van der Waals surface area contributed by atoms with Crippen molar-refractivity contribution in [3.63, 3.8) is 0 Å². The molecule has 3 rings (SSSR count). The number of aryl methyl sites for hydroxylation is 1. The summed E-state index contributed by atoms with van der Waals surface area (Å²) in [6, 6.07) is 2.43. The second-order valence-electron chi connectivity index (χ2n) is 7.27. The van der Waals surface area contributed by atoms with Gasteiger partial charge in [0.15, 0.2) is 0 Å². The Balaban J connectivity index is 1.94. The summed E-state index contributed by atoms with van der Waals surface area (Å²) in [6.45, 7) is 15.2. The van der Waals surface area contributed by atoms with E-state index in [2.05, 4.69) is 36.3 Å². The van der Waals surface area contributed by atoms with Gasteiger partial charge < -0.3 is 9.64 Å². The molecule has 0 bridgehead atoms. The average Bonchev–Trinajstić information content (AvgIpc) is 2.54. The average molecular weight is 326 g/mol. The van der Waals surface area contributed by atoms with Crippen LogP contribution in [0.5, 0.6) is 0 Å². The lowest BCUT2D eigenvalue weighted by Crippen LogP contribution is -2.47. The molecule has 1 saturated heterocycles. The quantitative estimate of drug-likeness (QED) is 0.799. The Bertz CT molecular complexity index is 682. The van der Waals surface area contributed by atoms with Crippen molar-refractivity contribution < 1.29 is 4.74 Å². The number of hydrogen-bond acceptors (Lipinski definition) is 5. The molecule has 1 aromatic heterocycles. The predicted molar refractivity (Wildman–Crippen MR) is 95.1 cm³/mol. The van der Waals surface area contributed by atoms with Crippen LogP contribution < -0.4 is 4.90 Å². The molecule has 0 saturated carbocycles. The fraction of sp³-hybridized carbons (Fsp3) is 0.579. The van der Waals surface area contributed by atoms with Crippen LogP contribution in [0.15, 0.2) is 12.7 Å². The summed E-state index contributed by atoms with van der Waals surface area (Å²) in [4.78, 5) is 9.42. The van der Waals surface area contributed by atoms with E-state index in [4.69, 9.17) is 9.72 Å². The molecule has 0 amide bonds. The Morgan fingerprint density at radius 1 is 1.29 bits per heavy atom. The fourth-order valence-corrected chi connectivity index (χ4v) is 3.59. The highest BCUT2D eigenvalue weighted by Crippen LogP contribution is 2.35. The number of ether oxygens (including phenoxy) is 1. The Morgan fingerprint density at radius 2 is 2.00 bits per heavy atom. The van der Waals surface area contributed by atoms with Gasteiger partial charge in [-0.2, -0.15) is 5.26 Å². The molecule has 0 N–H and O–H groups in total. The number of piperazine rings is 1. The summed E-state index contributed by atoms with van der Waals surface area (Å²) in [7, 11) is 0. The van der Waals surface area contributed by atoms with Crippen LogP contribution in [0.4, 0.5) is 5.82 Å². The second kappa shape index (κ2) is 6.54. The highest BCUT2D eigenvalue weighted by atomic mass is 16.5. The lowest BCUT2D eigenvalue weighted by Gasteiger charge is -2.37. The molecule has 3 heterocycles. The van der Waals surface area contributed by atoms with Crippen LogP contribution in [0.25, 0.3) is 0 Å². The van der Waals surface area contributed by atoms with Gasteiger partial charge in [0.05, 0.1) is 17.8 Å². The van der Waals surface area contributed by atoms with Crippen molar-refractivity contribution in [2.24, 2.45) is 0 Å². The largest absolute Gasteiger partial charge is 0.370 e. The summed E-state index contributed by atoms with van der Waals surface area (Å²) in [5.74, 6) is 0.852. The number of anilines is 1. The highest BCUT2D eigenvalue weighted by molar-refractivity contribution is 5.61. The zero-order valence-electron chi connectivity index (χ0n) is 14.9. The molecule has 24 heavy (non-hydrogen) atoms. The molecule has 0 atom stereocenters. The standard InChI is InChI=1S/C19H26N4O/c1-5-6-22-7-9-23(10-8-22)18-16(12-20)15-11-19(3,4)24-13-17(15)14(2)21-18/h5H,1,6-11,13H2,2-4H3. The summed E-state index contributed by atoms with van der Waals surface area (Å²) in [6.07, 6.45) is 2.71. The van der Waals surface area contributed by atoms with Gasteiger partial charge in [0.2, 0.25) is 0 Å². The Morgan fingerprint density at radius 3 is 2.62 bits per heavy atom. The van der Waals surface area contributed by atoms with Gasteiger partial charge in [-0.15, -0.1) is 6.58 Å². The van der Waals surface area contributed by atoms with Crippen molar-refractivity contribution in [3.8, 4) is 6.07 Å². The first-order chi connectivity index (χ1) is 11.4. The maximum atomic E-state index is 9.82. The topological polar surface area (TPSA) is 52.4 Å². The molecule has 2 aliphatic rings. The number of fused-ring (bicyclic) bond motifs is 1. The minimum absolute atomic E-state index is 0.230. The van der Waals surface area contributed by atoms with Gasteiger partial charge in [-0.1, -0.05) is 6.08 Å². The molecule has 5 nitrogen and oxygen atoms in total. The van der Waals surface area contributed by atoms with Crippen LogP contribution in [-0.4, -0.2) is 48.2 Å². The molecular weight excluding hydrogens is 300 g/mol. The normalized spacial score (nSPS) is 20.3. The first-order valence-corrected chi connectivity index (χ1v) is 8.60. The van der Waals surface area contributed by atoms with E-state index in [-0.39, 0.29) is 5.60 Å². The molecule has 128 valence electrons. The van der Waals surface area contributed by atoms with Crippen LogP contribution in [-0.2, 0) is 17.8 Å². The van der Waals surface area contributed by atoms with Crippen molar-refractivity contribution >= 4 is 5.82 Å². The molecule has 0 unspecified atom stereocenters. The molecule has 0 radical (unpaired) electrons. The van der Waals surface area contributed by atoms with Crippen molar-refractivity contribution in [1.82, 2.24) is 9.88 Å². The van der Waals surface area contributed by atoms with Crippen LogP contribution in [0, 0.1) is 18.3 Å². The molecule has 2 aliphatic heterocycles. The van der Waals surface area contributed by atoms with E-state index in [1.165, 1.54) is 0 Å². The van der Waals surface area contributed by atoms with Gasteiger partial charge in [-0.05, 0) is 26.3 Å². The summed E-state index contributed by atoms with van der Waals surface area (Å²) < 4.78 is 5.92. The van der Waals surface area contributed by atoms with Crippen LogP contribution in [0.1, 0.15) is 36.2 Å². The number of aromatic nitrogens is 1. The third-order valence-corrected chi connectivity index (χ3v) is 4.98. The maximum Gasteiger partial charge on any atom is 0.147 e. The molecule has 1 fully saturated rings. The molecular formula is C19H26N4O. The highest BCUT2D eigenvalue weighted by Gasteiger charge is 2.32. The van der Waals surface area contributed by atoms with Crippen molar-refractivity contribution in [1.29, 1.82) is 5.26 Å². The summed E-state index contributed by atoms with van der Waals surface area (Å²) in [5, 5.41) is 9.82. The number of nitrogens with zero attached hydrogens (tertiary/aromatic N) is 4. The SMILES string of the molecule is C=CCN1CCN(c2nc(C)c3c(c2C#N)CC(C)(C)OC3)CC1. The molecule has 0 aliphatic carbocycles. The number of nitriles is 1. The predicted octanol–water partition coefficient (Wildman–Crippen LogP) is 2.42. The zero-order valence-corrected chi connectivity index (χ0v) is 14.9. The lowest BCUT2D eigenvalue weighted by atomic mass is 9.88. The first kappa shape index (κ1) is 16.9. The van der Waals surface area contributed by atoms with Crippen LogP contribution in [0.2, 0.25) is 0 Å². The van der Waals surface area contributed by atoms with Gasteiger partial charge in [0, 0.05) is 50.4 Å². The second-order valence-corrected chi connectivity index (χ2v) is 7.27. The minimum Gasteiger partial charge on any atom is -0.370 e. The van der Waals surface area contributed by atoms with E-state index >= 15 is 0 Å². The smallest absolute Gasteiger partial charge is 0.147 e. The third kappa shape index (κ3) is 3.17. The minimum atomic E-state index is -0.230.